The molecule has 1 saturated carbocycles. The van der Waals surface area contributed by atoms with Crippen LogP contribution in [-0.4, -0.2) is 9.13 Å². The molecule has 9 aromatic carbocycles. The van der Waals surface area contributed by atoms with Gasteiger partial charge in [-0.1, -0.05) is 147 Å². The molecule has 3 heteroatoms. The van der Waals surface area contributed by atoms with Crippen molar-refractivity contribution in [1.82, 2.24) is 9.13 Å². The van der Waals surface area contributed by atoms with E-state index in [4.69, 9.17) is 4.42 Å². The molecule has 1 fully saturated rings. The average Bonchev–Trinajstić information content (AvgIpc) is 4.06. The zero-order valence-electron chi connectivity index (χ0n) is 34.8. The van der Waals surface area contributed by atoms with Crippen molar-refractivity contribution in [1.29, 1.82) is 0 Å². The topological polar surface area (TPSA) is 23.0 Å². The van der Waals surface area contributed by atoms with Crippen molar-refractivity contribution in [2.24, 2.45) is 0 Å². The molecular formula is C60H42N2O. The summed E-state index contributed by atoms with van der Waals surface area (Å²) in [5.74, 6) is 0. The van der Waals surface area contributed by atoms with Crippen LogP contribution in [0.4, 0.5) is 0 Å². The van der Waals surface area contributed by atoms with Crippen molar-refractivity contribution in [2.75, 3.05) is 0 Å². The van der Waals surface area contributed by atoms with E-state index in [1.165, 1.54) is 126 Å². The summed E-state index contributed by atoms with van der Waals surface area (Å²) in [5, 5.41) is 7.38. The fourth-order valence-corrected chi connectivity index (χ4v) is 11.8. The summed E-state index contributed by atoms with van der Waals surface area (Å²) < 4.78 is 11.2. The highest BCUT2D eigenvalue weighted by molar-refractivity contribution is 6.14. The molecule has 63 heavy (non-hydrogen) atoms. The van der Waals surface area contributed by atoms with Gasteiger partial charge in [0.1, 0.15) is 11.2 Å². The molecule has 2 aliphatic carbocycles. The molecule has 0 N–H and O–H groups in total. The molecule has 12 aromatic rings. The maximum Gasteiger partial charge on any atom is 0.135 e. The van der Waals surface area contributed by atoms with Crippen LogP contribution in [0.1, 0.15) is 43.2 Å². The number of hydrogen-bond acceptors (Lipinski definition) is 1. The first kappa shape index (κ1) is 35.0. The summed E-state index contributed by atoms with van der Waals surface area (Å²) in [7, 11) is 0. The van der Waals surface area contributed by atoms with Crippen LogP contribution in [0.25, 0.3) is 110 Å². The van der Waals surface area contributed by atoms with Crippen molar-refractivity contribution >= 4 is 65.6 Å². The second kappa shape index (κ2) is 13.2. The Labute approximate surface area is 365 Å². The van der Waals surface area contributed by atoms with E-state index in [-0.39, 0.29) is 5.41 Å². The van der Waals surface area contributed by atoms with Gasteiger partial charge in [-0.15, -0.1) is 0 Å². The first-order chi connectivity index (χ1) is 31.2. The highest BCUT2D eigenvalue weighted by atomic mass is 16.3. The first-order valence-corrected chi connectivity index (χ1v) is 22.5. The van der Waals surface area contributed by atoms with Gasteiger partial charge in [0.05, 0.1) is 22.1 Å². The summed E-state index contributed by atoms with van der Waals surface area (Å²) in [5.41, 5.74) is 19.8. The predicted octanol–water partition coefficient (Wildman–Crippen LogP) is 16.3. The van der Waals surface area contributed by atoms with E-state index in [1.807, 2.05) is 6.07 Å². The van der Waals surface area contributed by atoms with Crippen molar-refractivity contribution in [3.05, 3.63) is 205 Å². The SMILES string of the molecule is c1ccc(-c2ccc(-n3c4cc(-c5ccc6c7ccccc7n(-c7ccc8oc9ccccc9c8c7)c6c5)ccc4c4cc5c(cc43)-c3ccccc3C53CCCCC3)cc2)cc1. The van der Waals surface area contributed by atoms with E-state index in [2.05, 4.69) is 197 Å². The Bertz CT molecular complexity index is 3820. The third-order valence-electron chi connectivity index (χ3n) is 14.7. The summed E-state index contributed by atoms with van der Waals surface area (Å²) in [6.07, 6.45) is 6.33. The molecule has 1 spiro atoms. The first-order valence-electron chi connectivity index (χ1n) is 22.5. The molecule has 3 aromatic heterocycles. The fourth-order valence-electron chi connectivity index (χ4n) is 11.8. The molecule has 0 bridgehead atoms. The number of fused-ring (bicyclic) bond motifs is 14. The molecule has 0 aliphatic heterocycles. The average molecular weight is 807 g/mol. The highest BCUT2D eigenvalue weighted by Gasteiger charge is 2.44. The Morgan fingerprint density at radius 3 is 1.73 bits per heavy atom. The van der Waals surface area contributed by atoms with Gasteiger partial charge in [0.15, 0.2) is 0 Å². The van der Waals surface area contributed by atoms with Crippen molar-refractivity contribution < 1.29 is 4.42 Å². The van der Waals surface area contributed by atoms with E-state index in [0.29, 0.717) is 0 Å². The van der Waals surface area contributed by atoms with E-state index >= 15 is 0 Å². The number of benzene rings is 9. The maximum absolute atomic E-state index is 6.26. The summed E-state index contributed by atoms with van der Waals surface area (Å²) in [6, 6.07) is 72.2. The van der Waals surface area contributed by atoms with Gasteiger partial charge in [-0.3, -0.25) is 0 Å². The normalized spacial score (nSPS) is 14.5. The lowest BCUT2D eigenvalue weighted by Gasteiger charge is -2.36. The predicted molar refractivity (Wildman–Crippen MR) is 263 cm³/mol. The van der Waals surface area contributed by atoms with Gasteiger partial charge in [0.25, 0.3) is 0 Å². The summed E-state index contributed by atoms with van der Waals surface area (Å²) in [6.45, 7) is 0. The third-order valence-corrected chi connectivity index (χ3v) is 14.7. The Morgan fingerprint density at radius 2 is 0.921 bits per heavy atom. The minimum atomic E-state index is 0.0904. The van der Waals surface area contributed by atoms with E-state index in [1.54, 1.807) is 0 Å². The zero-order chi connectivity index (χ0) is 41.2. The number of aromatic nitrogens is 2. The van der Waals surface area contributed by atoms with Gasteiger partial charge < -0.3 is 13.6 Å². The lowest BCUT2D eigenvalue weighted by molar-refractivity contribution is 0.353. The minimum absolute atomic E-state index is 0.0904. The van der Waals surface area contributed by atoms with Gasteiger partial charge in [-0.05, 0) is 124 Å². The van der Waals surface area contributed by atoms with Gasteiger partial charge in [-0.2, -0.15) is 0 Å². The molecule has 0 radical (unpaired) electrons. The standard InChI is InChI=1S/C60H42N2O/c1-3-13-38(14-4-1)39-21-25-42(26-22-39)61-56-34-41(24-29-47(56)50-36-53-49(37-57(50)61)44-15-5-8-18-52(44)60(53)31-11-2-12-32-60)40-23-28-46-45-16-6-9-19-54(45)62(55(46)33-40)43-27-30-59-51(35-43)48-17-7-10-20-58(48)63-59/h1,3-10,13-30,33-37H,2,11-12,31-32H2. The van der Waals surface area contributed by atoms with Crippen LogP contribution in [0, 0.1) is 0 Å². The molecule has 0 unspecified atom stereocenters. The van der Waals surface area contributed by atoms with Crippen molar-refractivity contribution in [3.63, 3.8) is 0 Å². The second-order valence-corrected chi connectivity index (χ2v) is 17.9. The monoisotopic (exact) mass is 806 g/mol. The molecule has 0 amide bonds. The Hall–Kier alpha value is -7.62. The largest absolute Gasteiger partial charge is 0.456 e. The Morgan fingerprint density at radius 1 is 0.333 bits per heavy atom. The molecule has 2 aliphatic rings. The van der Waals surface area contributed by atoms with Crippen LogP contribution in [0.2, 0.25) is 0 Å². The lowest BCUT2D eigenvalue weighted by Crippen LogP contribution is -2.27. The number of furan rings is 1. The van der Waals surface area contributed by atoms with Gasteiger partial charge in [0, 0.05) is 49.1 Å². The Balaban J connectivity index is 0.991. The van der Waals surface area contributed by atoms with E-state index in [9.17, 15) is 0 Å². The molecule has 3 heterocycles. The highest BCUT2D eigenvalue weighted by Crippen LogP contribution is 2.57. The van der Waals surface area contributed by atoms with Crippen molar-refractivity contribution in [2.45, 2.75) is 37.5 Å². The zero-order valence-corrected chi connectivity index (χ0v) is 34.8. The van der Waals surface area contributed by atoms with Gasteiger partial charge in [0.2, 0.25) is 0 Å². The van der Waals surface area contributed by atoms with Crippen LogP contribution in [0.5, 0.6) is 0 Å². The maximum atomic E-state index is 6.26. The van der Waals surface area contributed by atoms with Crippen LogP contribution in [0.15, 0.2) is 199 Å². The van der Waals surface area contributed by atoms with Gasteiger partial charge >= 0.3 is 0 Å². The number of nitrogens with zero attached hydrogens (tertiary/aromatic N) is 2. The third kappa shape index (κ3) is 5.02. The number of para-hydroxylation sites is 2. The fraction of sp³-hybridized carbons (Fsp3) is 0.100. The molecule has 3 nitrogen and oxygen atoms in total. The van der Waals surface area contributed by atoms with Crippen LogP contribution in [0.3, 0.4) is 0 Å². The second-order valence-electron chi connectivity index (χ2n) is 17.9. The molecule has 0 atom stereocenters. The summed E-state index contributed by atoms with van der Waals surface area (Å²) in [4.78, 5) is 0. The van der Waals surface area contributed by atoms with Gasteiger partial charge in [-0.25, -0.2) is 0 Å². The quantitative estimate of drug-likeness (QED) is 0.174. The molecule has 14 rings (SSSR count). The van der Waals surface area contributed by atoms with Crippen LogP contribution in [-0.2, 0) is 5.41 Å². The molecular weight excluding hydrogens is 765 g/mol. The number of hydrogen-bond donors (Lipinski definition) is 0. The smallest absolute Gasteiger partial charge is 0.135 e. The minimum Gasteiger partial charge on any atom is -0.456 e. The number of rotatable bonds is 4. The van der Waals surface area contributed by atoms with Crippen LogP contribution >= 0.6 is 0 Å². The van der Waals surface area contributed by atoms with Crippen molar-refractivity contribution in [3.8, 4) is 44.8 Å². The summed E-state index contributed by atoms with van der Waals surface area (Å²) >= 11 is 0. The van der Waals surface area contributed by atoms with Crippen LogP contribution < -0.4 is 0 Å². The Kier molecular flexibility index (Phi) is 7.33. The molecule has 298 valence electrons. The van der Waals surface area contributed by atoms with E-state index < -0.39 is 0 Å². The molecule has 0 saturated heterocycles. The lowest BCUT2D eigenvalue weighted by atomic mass is 9.68. The van der Waals surface area contributed by atoms with E-state index in [0.717, 1.165) is 27.6 Å².